The zero-order valence-corrected chi connectivity index (χ0v) is 22.2. The Bertz CT molecular complexity index is 787. The van der Waals surface area contributed by atoms with E-state index in [1.807, 2.05) is 58.0 Å². The van der Waals surface area contributed by atoms with Crippen LogP contribution >= 0.6 is 12.6 Å². The number of carbonyl (C=O) groups is 3. The van der Waals surface area contributed by atoms with Crippen molar-refractivity contribution < 1.29 is 19.1 Å². The van der Waals surface area contributed by atoms with Crippen molar-refractivity contribution in [2.75, 3.05) is 5.75 Å². The zero-order valence-electron chi connectivity index (χ0n) is 21.3. The van der Waals surface area contributed by atoms with Gasteiger partial charge in [-0.05, 0) is 60.5 Å². The van der Waals surface area contributed by atoms with Gasteiger partial charge in [0.05, 0.1) is 0 Å². The number of carbonyl (C=O) groups excluding carboxylic acids is 3. The van der Waals surface area contributed by atoms with Gasteiger partial charge in [0.1, 0.15) is 17.7 Å². The number of hydrogen-bond acceptors (Lipinski definition) is 5. The van der Waals surface area contributed by atoms with E-state index in [-0.39, 0.29) is 17.7 Å². The molecule has 2 N–H and O–H groups in total. The molecule has 0 fully saturated rings. The average molecular weight is 480 g/mol. The second-order valence-electron chi connectivity index (χ2n) is 10.3. The molecule has 33 heavy (non-hydrogen) atoms. The van der Waals surface area contributed by atoms with Gasteiger partial charge >= 0.3 is 6.09 Å². The first-order chi connectivity index (χ1) is 15.2. The Morgan fingerprint density at radius 1 is 1.03 bits per heavy atom. The van der Waals surface area contributed by atoms with Crippen molar-refractivity contribution >= 4 is 30.5 Å². The molecule has 7 nitrogen and oxygen atoms in total. The van der Waals surface area contributed by atoms with Crippen molar-refractivity contribution in [1.82, 2.24) is 15.5 Å². The molecular formula is C25H41N3O4S. The lowest BCUT2D eigenvalue weighted by Crippen LogP contribution is -2.59. The van der Waals surface area contributed by atoms with Crippen molar-refractivity contribution in [3.63, 3.8) is 0 Å². The molecule has 0 aliphatic heterocycles. The molecule has 3 unspecified atom stereocenters. The van der Waals surface area contributed by atoms with Gasteiger partial charge in [0.25, 0.3) is 0 Å². The molecule has 0 aromatic heterocycles. The summed E-state index contributed by atoms with van der Waals surface area (Å²) < 4.78 is 5.32. The maximum atomic E-state index is 13.8. The van der Waals surface area contributed by atoms with Crippen LogP contribution in [-0.2, 0) is 14.3 Å². The van der Waals surface area contributed by atoms with Gasteiger partial charge in [-0.1, -0.05) is 43.7 Å². The summed E-state index contributed by atoms with van der Waals surface area (Å²) in [6.07, 6.45) is 1.05. The van der Waals surface area contributed by atoms with Gasteiger partial charge in [-0.2, -0.15) is 12.6 Å². The highest BCUT2D eigenvalue weighted by Crippen LogP contribution is 2.30. The summed E-state index contributed by atoms with van der Waals surface area (Å²) in [5, 5.41) is 5.67. The Hall–Kier alpha value is -2.22. The molecule has 0 aliphatic rings. The third-order valence-corrected chi connectivity index (χ3v) is 5.23. The Morgan fingerprint density at radius 2 is 1.61 bits per heavy atom. The second kappa shape index (κ2) is 12.3. The molecule has 8 heteroatoms. The van der Waals surface area contributed by atoms with Crippen LogP contribution in [0.15, 0.2) is 30.3 Å². The molecule has 0 aliphatic carbocycles. The number of rotatable bonds is 9. The first-order valence-corrected chi connectivity index (χ1v) is 12.1. The molecule has 0 heterocycles. The minimum atomic E-state index is -0.963. The van der Waals surface area contributed by atoms with E-state index in [1.54, 1.807) is 20.8 Å². The summed E-state index contributed by atoms with van der Waals surface area (Å²) in [6, 6.07) is 7.33. The van der Waals surface area contributed by atoms with E-state index in [2.05, 4.69) is 30.2 Å². The molecule has 1 aromatic rings. The van der Waals surface area contributed by atoms with E-state index in [9.17, 15) is 14.4 Å². The van der Waals surface area contributed by atoms with Gasteiger partial charge < -0.3 is 20.3 Å². The van der Waals surface area contributed by atoms with E-state index < -0.39 is 35.2 Å². The van der Waals surface area contributed by atoms with Gasteiger partial charge in [-0.3, -0.25) is 9.59 Å². The lowest BCUT2D eigenvalue weighted by Gasteiger charge is -2.43. The predicted molar refractivity (Wildman–Crippen MR) is 135 cm³/mol. The van der Waals surface area contributed by atoms with Gasteiger partial charge in [-0.15, -0.1) is 0 Å². The van der Waals surface area contributed by atoms with Crippen molar-refractivity contribution in [2.45, 2.75) is 97.5 Å². The third-order valence-electron chi connectivity index (χ3n) is 4.86. The van der Waals surface area contributed by atoms with E-state index in [0.29, 0.717) is 5.56 Å². The number of amides is 3. The molecule has 3 atom stereocenters. The average Bonchev–Trinajstić information content (AvgIpc) is 2.68. The van der Waals surface area contributed by atoms with Crippen LogP contribution in [0.1, 0.15) is 79.8 Å². The summed E-state index contributed by atoms with van der Waals surface area (Å²) in [4.78, 5) is 41.2. The fraction of sp³-hybridized carbons (Fsp3) is 0.640. The van der Waals surface area contributed by atoms with Crippen LogP contribution in [-0.4, -0.2) is 51.8 Å². The van der Waals surface area contributed by atoms with E-state index in [1.165, 1.54) is 4.90 Å². The summed E-state index contributed by atoms with van der Waals surface area (Å²) in [5.74, 6) is -0.615. The number of benzene rings is 1. The van der Waals surface area contributed by atoms with Crippen molar-refractivity contribution in [1.29, 1.82) is 0 Å². The number of ether oxygens (including phenoxy) is 1. The maximum Gasteiger partial charge on any atom is 0.408 e. The molecule has 0 saturated carbocycles. The summed E-state index contributed by atoms with van der Waals surface area (Å²) in [6.45, 7) is 14.9. The highest BCUT2D eigenvalue weighted by molar-refractivity contribution is 7.80. The van der Waals surface area contributed by atoms with E-state index in [4.69, 9.17) is 4.74 Å². The summed E-state index contributed by atoms with van der Waals surface area (Å²) in [7, 11) is 0. The van der Waals surface area contributed by atoms with Crippen LogP contribution in [0.5, 0.6) is 0 Å². The van der Waals surface area contributed by atoms with E-state index >= 15 is 0 Å². The monoisotopic (exact) mass is 479 g/mol. The van der Waals surface area contributed by atoms with Crippen LogP contribution < -0.4 is 10.6 Å². The first kappa shape index (κ1) is 28.8. The minimum Gasteiger partial charge on any atom is -0.444 e. The van der Waals surface area contributed by atoms with Crippen LogP contribution in [0, 0.1) is 0 Å². The van der Waals surface area contributed by atoms with Crippen LogP contribution in [0.2, 0.25) is 0 Å². The Labute approximate surface area is 204 Å². The largest absolute Gasteiger partial charge is 0.444 e. The number of nitrogens with one attached hydrogen (secondary N) is 2. The summed E-state index contributed by atoms with van der Waals surface area (Å²) >= 11 is 4.30. The lowest BCUT2D eigenvalue weighted by atomic mass is 9.95. The Morgan fingerprint density at radius 3 is 2.06 bits per heavy atom. The number of hydrogen-bond donors (Lipinski definition) is 3. The molecule has 0 radical (unpaired) electrons. The van der Waals surface area contributed by atoms with Crippen LogP contribution in [0.4, 0.5) is 4.79 Å². The Balaban J connectivity index is 3.38. The smallest absolute Gasteiger partial charge is 0.408 e. The quantitative estimate of drug-likeness (QED) is 0.456. The highest BCUT2D eigenvalue weighted by Gasteiger charge is 2.41. The van der Waals surface area contributed by atoms with Crippen LogP contribution in [0.25, 0.3) is 0 Å². The van der Waals surface area contributed by atoms with Crippen molar-refractivity contribution in [2.24, 2.45) is 0 Å². The predicted octanol–water partition coefficient (Wildman–Crippen LogP) is 4.48. The molecule has 1 aromatic carbocycles. The number of nitrogens with zero attached hydrogens (tertiary/aromatic N) is 1. The number of alkyl carbamates (subject to hydrolysis) is 1. The van der Waals surface area contributed by atoms with Crippen molar-refractivity contribution in [3.8, 4) is 0 Å². The fourth-order valence-corrected chi connectivity index (χ4v) is 3.78. The third kappa shape index (κ3) is 9.27. The van der Waals surface area contributed by atoms with Crippen LogP contribution in [0.3, 0.4) is 0 Å². The maximum absolute atomic E-state index is 13.8. The molecule has 0 bridgehead atoms. The fourth-order valence-electron chi connectivity index (χ4n) is 3.53. The minimum absolute atomic E-state index is 0.0359. The topological polar surface area (TPSA) is 87.7 Å². The molecule has 3 amide bonds. The first-order valence-electron chi connectivity index (χ1n) is 11.5. The molecular weight excluding hydrogens is 438 g/mol. The van der Waals surface area contributed by atoms with E-state index in [0.717, 1.165) is 12.8 Å². The molecule has 0 spiro atoms. The molecule has 1 rings (SSSR count). The lowest BCUT2D eigenvalue weighted by molar-refractivity contribution is -0.148. The Kier molecular flexibility index (Phi) is 10.7. The van der Waals surface area contributed by atoms with Gasteiger partial charge in [0, 0.05) is 17.3 Å². The highest BCUT2D eigenvalue weighted by atomic mass is 32.1. The number of thiol groups is 1. The van der Waals surface area contributed by atoms with Crippen molar-refractivity contribution in [3.05, 3.63) is 35.9 Å². The molecule has 0 saturated heterocycles. The molecule has 186 valence electrons. The normalized spacial score (nSPS) is 14.6. The van der Waals surface area contributed by atoms with Gasteiger partial charge in [-0.25, -0.2) is 4.79 Å². The SMILES string of the molecule is CCCC(C)NC(=O)C(c1ccccc1)N(C(=O)C(CS)NC(=O)OC(C)(C)C)C(C)(C)C. The standard InChI is InChI=1S/C25H41N3O4S/c1-9-13-17(2)26-21(29)20(18-14-11-10-12-15-18)28(24(3,4)5)22(30)19(16-33)27-23(31)32-25(6,7)8/h10-12,14-15,17,19-20,33H,9,13,16H2,1-8H3,(H,26,29)(H,27,31). The van der Waals surface area contributed by atoms with Gasteiger partial charge in [0.15, 0.2) is 0 Å². The summed E-state index contributed by atoms with van der Waals surface area (Å²) in [5.41, 5.74) is -0.739. The second-order valence-corrected chi connectivity index (χ2v) is 10.6. The van der Waals surface area contributed by atoms with Gasteiger partial charge in [0.2, 0.25) is 11.8 Å². The zero-order chi connectivity index (χ0) is 25.4.